The Bertz CT molecular complexity index is 830. The average Bonchev–Trinajstić information content (AvgIpc) is 2.68. The van der Waals surface area contributed by atoms with Gasteiger partial charge in [-0.05, 0) is 38.1 Å². The van der Waals surface area contributed by atoms with Gasteiger partial charge in [-0.25, -0.2) is 0 Å². The van der Waals surface area contributed by atoms with Crippen LogP contribution in [0.5, 0.6) is 23.0 Å². The number of anilines is 1. The molecule has 0 bridgehead atoms. The van der Waals surface area contributed by atoms with Crippen LogP contribution in [-0.4, -0.2) is 32.8 Å². The van der Waals surface area contributed by atoms with Gasteiger partial charge in [0, 0.05) is 17.8 Å². The SMILES string of the molecule is CCOc1ccc(NC(=O)COc2ccc(C#N)cc2OC)cc1OCC. The van der Waals surface area contributed by atoms with Crippen molar-refractivity contribution < 1.29 is 23.7 Å². The highest BCUT2D eigenvalue weighted by Gasteiger charge is 2.11. The van der Waals surface area contributed by atoms with Gasteiger partial charge >= 0.3 is 0 Å². The van der Waals surface area contributed by atoms with Crippen molar-refractivity contribution in [2.24, 2.45) is 0 Å². The fraction of sp³-hybridized carbons (Fsp3) is 0.300. The molecular weight excluding hydrogens is 348 g/mol. The molecule has 0 fully saturated rings. The summed E-state index contributed by atoms with van der Waals surface area (Å²) in [6.45, 7) is 4.56. The number of nitrogens with zero attached hydrogens (tertiary/aromatic N) is 1. The largest absolute Gasteiger partial charge is 0.493 e. The minimum Gasteiger partial charge on any atom is -0.493 e. The van der Waals surface area contributed by atoms with E-state index in [1.165, 1.54) is 7.11 Å². The number of nitriles is 1. The van der Waals surface area contributed by atoms with E-state index in [0.717, 1.165) is 0 Å². The molecule has 0 atom stereocenters. The number of ether oxygens (including phenoxy) is 4. The first-order valence-electron chi connectivity index (χ1n) is 8.51. The average molecular weight is 370 g/mol. The topological polar surface area (TPSA) is 89.8 Å². The number of hydrogen-bond acceptors (Lipinski definition) is 6. The molecule has 0 saturated heterocycles. The second kappa shape index (κ2) is 9.92. The molecular formula is C20H22N2O5. The maximum atomic E-state index is 12.2. The van der Waals surface area contributed by atoms with E-state index in [9.17, 15) is 4.79 Å². The van der Waals surface area contributed by atoms with Gasteiger partial charge in [0.1, 0.15) is 0 Å². The molecule has 0 unspecified atom stereocenters. The lowest BCUT2D eigenvalue weighted by molar-refractivity contribution is -0.118. The predicted molar refractivity (Wildman–Crippen MR) is 101 cm³/mol. The van der Waals surface area contributed by atoms with Gasteiger partial charge in [-0.2, -0.15) is 5.26 Å². The highest BCUT2D eigenvalue weighted by atomic mass is 16.5. The van der Waals surface area contributed by atoms with Gasteiger partial charge in [0.2, 0.25) is 0 Å². The van der Waals surface area contributed by atoms with Crippen LogP contribution in [0.2, 0.25) is 0 Å². The Hall–Kier alpha value is -3.40. The minimum atomic E-state index is -0.340. The molecule has 7 heteroatoms. The number of hydrogen-bond donors (Lipinski definition) is 1. The number of rotatable bonds is 9. The molecule has 7 nitrogen and oxygen atoms in total. The molecule has 0 saturated carbocycles. The third-order valence-corrected chi connectivity index (χ3v) is 3.48. The number of carbonyl (C=O) groups excluding carboxylic acids is 1. The smallest absolute Gasteiger partial charge is 0.262 e. The highest BCUT2D eigenvalue weighted by Crippen LogP contribution is 2.31. The molecule has 0 spiro atoms. The molecule has 0 aromatic heterocycles. The van der Waals surface area contributed by atoms with Gasteiger partial charge in [0.25, 0.3) is 5.91 Å². The van der Waals surface area contributed by atoms with Crippen molar-refractivity contribution in [3.05, 3.63) is 42.0 Å². The number of amides is 1. The molecule has 2 aromatic rings. The molecule has 27 heavy (non-hydrogen) atoms. The molecule has 1 amide bonds. The minimum absolute atomic E-state index is 0.209. The fourth-order valence-corrected chi connectivity index (χ4v) is 2.33. The zero-order chi connectivity index (χ0) is 19.6. The monoisotopic (exact) mass is 370 g/mol. The first-order valence-corrected chi connectivity index (χ1v) is 8.51. The summed E-state index contributed by atoms with van der Waals surface area (Å²) in [5, 5.41) is 11.7. The summed E-state index contributed by atoms with van der Waals surface area (Å²) >= 11 is 0. The van der Waals surface area contributed by atoms with Crippen LogP contribution in [0.4, 0.5) is 5.69 Å². The van der Waals surface area contributed by atoms with Crippen molar-refractivity contribution in [1.29, 1.82) is 5.26 Å². The molecule has 0 aliphatic heterocycles. The fourth-order valence-electron chi connectivity index (χ4n) is 2.33. The molecule has 0 aliphatic carbocycles. The first-order chi connectivity index (χ1) is 13.1. The van der Waals surface area contributed by atoms with Gasteiger partial charge in [-0.3, -0.25) is 4.79 Å². The van der Waals surface area contributed by atoms with E-state index < -0.39 is 0 Å². The van der Waals surface area contributed by atoms with Gasteiger partial charge < -0.3 is 24.3 Å². The molecule has 2 aromatic carbocycles. The van der Waals surface area contributed by atoms with Crippen LogP contribution in [0.15, 0.2) is 36.4 Å². The van der Waals surface area contributed by atoms with Gasteiger partial charge in [-0.15, -0.1) is 0 Å². The molecule has 0 heterocycles. The Balaban J connectivity index is 2.02. The molecule has 0 aliphatic rings. The maximum absolute atomic E-state index is 12.2. The zero-order valence-corrected chi connectivity index (χ0v) is 15.6. The van der Waals surface area contributed by atoms with Crippen LogP contribution in [-0.2, 0) is 4.79 Å². The van der Waals surface area contributed by atoms with Gasteiger partial charge in [0.05, 0.1) is 32.0 Å². The standard InChI is InChI=1S/C20H22N2O5/c1-4-25-17-9-7-15(11-19(17)26-5-2)22-20(23)13-27-16-8-6-14(12-21)10-18(16)24-3/h6-11H,4-5,13H2,1-3H3,(H,22,23). The maximum Gasteiger partial charge on any atom is 0.262 e. The van der Waals surface area contributed by atoms with Crippen molar-refractivity contribution in [2.45, 2.75) is 13.8 Å². The van der Waals surface area contributed by atoms with Crippen molar-refractivity contribution in [2.75, 3.05) is 32.2 Å². The van der Waals surface area contributed by atoms with Crippen molar-refractivity contribution in [3.63, 3.8) is 0 Å². The Morgan fingerprint density at radius 1 is 0.963 bits per heavy atom. The number of methoxy groups -OCH3 is 1. The summed E-state index contributed by atoms with van der Waals surface area (Å²) in [6.07, 6.45) is 0. The highest BCUT2D eigenvalue weighted by molar-refractivity contribution is 5.92. The molecule has 2 rings (SSSR count). The number of benzene rings is 2. The summed E-state index contributed by atoms with van der Waals surface area (Å²) in [4.78, 5) is 12.2. The van der Waals surface area contributed by atoms with Crippen LogP contribution in [0.1, 0.15) is 19.4 Å². The van der Waals surface area contributed by atoms with E-state index in [1.807, 2.05) is 19.9 Å². The summed E-state index contributed by atoms with van der Waals surface area (Å²) in [6, 6.07) is 11.9. The van der Waals surface area contributed by atoms with Crippen molar-refractivity contribution in [1.82, 2.24) is 0 Å². The van der Waals surface area contributed by atoms with Crippen molar-refractivity contribution in [3.8, 4) is 29.1 Å². The summed E-state index contributed by atoms with van der Waals surface area (Å²) in [5.41, 5.74) is 1.02. The Morgan fingerprint density at radius 3 is 2.30 bits per heavy atom. The van der Waals surface area contributed by atoms with Crippen LogP contribution < -0.4 is 24.3 Å². The quantitative estimate of drug-likeness (QED) is 0.728. The lowest BCUT2D eigenvalue weighted by Gasteiger charge is -2.14. The first kappa shape index (κ1) is 19.9. The summed E-state index contributed by atoms with van der Waals surface area (Å²) in [5.74, 6) is 1.62. The van der Waals surface area contributed by atoms with Gasteiger partial charge in [-0.1, -0.05) is 0 Å². The van der Waals surface area contributed by atoms with E-state index in [-0.39, 0.29) is 12.5 Å². The predicted octanol–water partition coefficient (Wildman–Crippen LogP) is 3.38. The lowest BCUT2D eigenvalue weighted by atomic mass is 10.2. The molecule has 142 valence electrons. The van der Waals surface area contributed by atoms with Crippen LogP contribution in [0.25, 0.3) is 0 Å². The van der Waals surface area contributed by atoms with E-state index in [0.29, 0.717) is 47.5 Å². The Kier molecular flexibility index (Phi) is 7.32. The van der Waals surface area contributed by atoms with Gasteiger partial charge in [0.15, 0.2) is 29.6 Å². The summed E-state index contributed by atoms with van der Waals surface area (Å²) in [7, 11) is 1.47. The second-order valence-electron chi connectivity index (χ2n) is 5.34. The van der Waals surface area contributed by atoms with Crippen LogP contribution in [0.3, 0.4) is 0 Å². The van der Waals surface area contributed by atoms with E-state index in [4.69, 9.17) is 24.2 Å². The lowest BCUT2D eigenvalue weighted by Crippen LogP contribution is -2.20. The van der Waals surface area contributed by atoms with E-state index >= 15 is 0 Å². The second-order valence-corrected chi connectivity index (χ2v) is 5.34. The van der Waals surface area contributed by atoms with E-state index in [2.05, 4.69) is 5.32 Å². The van der Waals surface area contributed by atoms with E-state index in [1.54, 1.807) is 36.4 Å². The number of nitrogens with one attached hydrogen (secondary N) is 1. The molecule has 1 N–H and O–H groups in total. The zero-order valence-electron chi connectivity index (χ0n) is 15.6. The normalized spacial score (nSPS) is 9.85. The number of carbonyl (C=O) groups is 1. The Morgan fingerprint density at radius 2 is 1.63 bits per heavy atom. The summed E-state index contributed by atoms with van der Waals surface area (Å²) < 4.78 is 21.7. The van der Waals surface area contributed by atoms with Crippen molar-refractivity contribution >= 4 is 11.6 Å². The van der Waals surface area contributed by atoms with Crippen LogP contribution in [0, 0.1) is 11.3 Å². The third kappa shape index (κ3) is 5.54. The van der Waals surface area contributed by atoms with Crippen LogP contribution >= 0.6 is 0 Å². The Labute approximate surface area is 158 Å². The molecule has 0 radical (unpaired) electrons. The third-order valence-electron chi connectivity index (χ3n) is 3.48.